The molecule has 5 rings (SSSR count). The Kier molecular flexibility index (Phi) is 4.31. The summed E-state index contributed by atoms with van der Waals surface area (Å²) in [6.45, 7) is 7.40. The lowest BCUT2D eigenvalue weighted by Gasteiger charge is -2.36. The minimum Gasteiger partial charge on any atom is -0.352 e. The minimum atomic E-state index is 0.120. The summed E-state index contributed by atoms with van der Waals surface area (Å²) in [4.78, 5) is 29.4. The average Bonchev–Trinajstić information content (AvgIpc) is 3.54. The molecular weight excluding hydrogens is 368 g/mol. The smallest absolute Gasteiger partial charge is 0.253 e. The van der Waals surface area contributed by atoms with E-state index in [2.05, 4.69) is 18.7 Å². The maximum atomic E-state index is 12.7. The predicted octanol–water partition coefficient (Wildman–Crippen LogP) is 4.15. The van der Waals surface area contributed by atoms with Gasteiger partial charge in [0.25, 0.3) is 5.91 Å². The normalized spacial score (nSPS) is 17.4. The van der Waals surface area contributed by atoms with Crippen LogP contribution in [0, 0.1) is 13.8 Å². The van der Waals surface area contributed by atoms with Gasteiger partial charge in [-0.25, -0.2) is 9.97 Å². The zero-order valence-corrected chi connectivity index (χ0v) is 17.1. The van der Waals surface area contributed by atoms with Gasteiger partial charge in [0.1, 0.15) is 16.5 Å². The first-order valence-corrected chi connectivity index (χ1v) is 10.8. The van der Waals surface area contributed by atoms with Crippen LogP contribution in [-0.2, 0) is 0 Å². The lowest BCUT2D eigenvalue weighted by Crippen LogP contribution is -2.49. The molecule has 0 N–H and O–H groups in total. The summed E-state index contributed by atoms with van der Waals surface area (Å²) in [7, 11) is 0. The van der Waals surface area contributed by atoms with E-state index in [0.29, 0.717) is 5.92 Å². The van der Waals surface area contributed by atoms with E-state index in [0.717, 1.165) is 48.2 Å². The summed E-state index contributed by atoms with van der Waals surface area (Å²) in [5.41, 5.74) is 2.06. The van der Waals surface area contributed by atoms with Crippen LogP contribution in [0.3, 0.4) is 0 Å². The van der Waals surface area contributed by atoms with Crippen LogP contribution in [0.15, 0.2) is 30.3 Å². The zero-order chi connectivity index (χ0) is 19.3. The van der Waals surface area contributed by atoms with Crippen molar-refractivity contribution in [1.82, 2.24) is 14.9 Å². The molecule has 144 valence electrons. The average molecular weight is 393 g/mol. The van der Waals surface area contributed by atoms with Crippen molar-refractivity contribution >= 4 is 33.3 Å². The molecule has 3 heterocycles. The Morgan fingerprint density at radius 1 is 1.04 bits per heavy atom. The molecule has 0 bridgehead atoms. The fraction of sp³-hybridized carbons (Fsp3) is 0.409. The number of nitrogens with zero attached hydrogens (tertiary/aromatic N) is 4. The Morgan fingerprint density at radius 3 is 2.43 bits per heavy atom. The third-order valence-corrected chi connectivity index (χ3v) is 6.96. The van der Waals surface area contributed by atoms with Crippen molar-refractivity contribution in [3.8, 4) is 0 Å². The van der Waals surface area contributed by atoms with Crippen molar-refractivity contribution in [2.75, 3.05) is 31.1 Å². The lowest BCUT2D eigenvalue weighted by molar-refractivity contribution is 0.0746. The molecule has 1 aliphatic heterocycles. The van der Waals surface area contributed by atoms with Gasteiger partial charge < -0.3 is 9.80 Å². The second kappa shape index (κ2) is 6.85. The minimum absolute atomic E-state index is 0.120. The number of amides is 1. The quantitative estimate of drug-likeness (QED) is 0.672. The van der Waals surface area contributed by atoms with E-state index in [-0.39, 0.29) is 5.91 Å². The molecule has 1 amide bonds. The monoisotopic (exact) mass is 392 g/mol. The molecule has 1 saturated heterocycles. The Balaban J connectivity index is 1.42. The second-order valence-electron chi connectivity index (χ2n) is 7.79. The van der Waals surface area contributed by atoms with Gasteiger partial charge in [0.15, 0.2) is 0 Å². The summed E-state index contributed by atoms with van der Waals surface area (Å²) in [6.07, 6.45) is 2.40. The summed E-state index contributed by atoms with van der Waals surface area (Å²) < 4.78 is 0. The van der Waals surface area contributed by atoms with E-state index in [4.69, 9.17) is 9.97 Å². The highest BCUT2D eigenvalue weighted by Crippen LogP contribution is 2.42. The molecular formula is C22H24N4OS. The molecule has 6 heteroatoms. The van der Waals surface area contributed by atoms with Gasteiger partial charge in [0, 0.05) is 42.5 Å². The standard InChI is InChI=1S/C22H24N4OS/c1-14-15(2)28-21-18(14)20(23-19(24-21)16-8-9-16)25-10-12-26(13-11-25)22(27)17-6-4-3-5-7-17/h3-7,16H,8-13H2,1-2H3. The topological polar surface area (TPSA) is 49.3 Å². The number of anilines is 1. The maximum absolute atomic E-state index is 12.7. The van der Waals surface area contributed by atoms with Crippen LogP contribution in [0.1, 0.15) is 45.4 Å². The molecule has 5 nitrogen and oxygen atoms in total. The predicted molar refractivity (Wildman–Crippen MR) is 113 cm³/mol. The number of aryl methyl sites for hydroxylation is 2. The molecule has 2 aliphatic rings. The number of fused-ring (bicyclic) bond motifs is 1. The number of piperazine rings is 1. The number of benzene rings is 1. The van der Waals surface area contributed by atoms with E-state index < -0.39 is 0 Å². The first-order chi connectivity index (χ1) is 13.6. The van der Waals surface area contributed by atoms with Gasteiger partial charge in [0.2, 0.25) is 0 Å². The van der Waals surface area contributed by atoms with Crippen LogP contribution in [-0.4, -0.2) is 47.0 Å². The number of aromatic nitrogens is 2. The van der Waals surface area contributed by atoms with Gasteiger partial charge >= 0.3 is 0 Å². The van der Waals surface area contributed by atoms with Crippen molar-refractivity contribution in [2.45, 2.75) is 32.6 Å². The van der Waals surface area contributed by atoms with Gasteiger partial charge in [-0.3, -0.25) is 4.79 Å². The first kappa shape index (κ1) is 17.6. The Morgan fingerprint density at radius 2 is 1.75 bits per heavy atom. The fourth-order valence-electron chi connectivity index (χ4n) is 3.88. The largest absolute Gasteiger partial charge is 0.352 e. The maximum Gasteiger partial charge on any atom is 0.253 e. The summed E-state index contributed by atoms with van der Waals surface area (Å²) in [5.74, 6) is 2.73. The van der Waals surface area contributed by atoms with Crippen LogP contribution < -0.4 is 4.90 Å². The Labute approximate surface area is 169 Å². The zero-order valence-electron chi connectivity index (χ0n) is 16.3. The molecule has 2 fully saturated rings. The van der Waals surface area contributed by atoms with Crippen LogP contribution in [0.25, 0.3) is 10.2 Å². The molecule has 1 saturated carbocycles. The molecule has 0 unspecified atom stereocenters. The van der Waals surface area contributed by atoms with Crippen LogP contribution >= 0.6 is 11.3 Å². The van der Waals surface area contributed by atoms with E-state index >= 15 is 0 Å². The molecule has 3 aromatic rings. The van der Waals surface area contributed by atoms with Crippen LogP contribution in [0.4, 0.5) is 5.82 Å². The van der Waals surface area contributed by atoms with E-state index in [1.807, 2.05) is 35.2 Å². The van der Waals surface area contributed by atoms with Crippen LogP contribution in [0.2, 0.25) is 0 Å². The molecule has 0 atom stereocenters. The van der Waals surface area contributed by atoms with Crippen molar-refractivity contribution in [2.24, 2.45) is 0 Å². The fourth-order valence-corrected chi connectivity index (χ4v) is 4.91. The van der Waals surface area contributed by atoms with Gasteiger partial charge in [0.05, 0.1) is 5.39 Å². The molecule has 0 radical (unpaired) electrons. The molecule has 28 heavy (non-hydrogen) atoms. The number of carbonyl (C=O) groups is 1. The van der Waals surface area contributed by atoms with Gasteiger partial charge in [-0.2, -0.15) is 0 Å². The summed E-state index contributed by atoms with van der Waals surface area (Å²) in [6, 6.07) is 9.56. The van der Waals surface area contributed by atoms with Crippen molar-refractivity contribution < 1.29 is 4.79 Å². The van der Waals surface area contributed by atoms with Gasteiger partial charge in [-0.05, 0) is 44.4 Å². The highest BCUT2D eigenvalue weighted by atomic mass is 32.1. The van der Waals surface area contributed by atoms with E-state index in [9.17, 15) is 4.79 Å². The van der Waals surface area contributed by atoms with Crippen molar-refractivity contribution in [1.29, 1.82) is 0 Å². The lowest BCUT2D eigenvalue weighted by atomic mass is 10.1. The van der Waals surface area contributed by atoms with E-state index in [1.54, 1.807) is 11.3 Å². The van der Waals surface area contributed by atoms with Crippen molar-refractivity contribution in [3.63, 3.8) is 0 Å². The Bertz CT molecular complexity index is 1030. The number of hydrogen-bond donors (Lipinski definition) is 0. The highest BCUT2D eigenvalue weighted by molar-refractivity contribution is 7.18. The third-order valence-electron chi connectivity index (χ3n) is 5.86. The summed E-state index contributed by atoms with van der Waals surface area (Å²) >= 11 is 1.78. The second-order valence-corrected chi connectivity index (χ2v) is 8.99. The highest BCUT2D eigenvalue weighted by Gasteiger charge is 2.31. The van der Waals surface area contributed by atoms with Gasteiger partial charge in [-0.15, -0.1) is 11.3 Å². The van der Waals surface area contributed by atoms with Crippen molar-refractivity contribution in [3.05, 3.63) is 52.2 Å². The molecule has 2 aromatic heterocycles. The number of thiophene rings is 1. The number of hydrogen-bond acceptors (Lipinski definition) is 5. The third kappa shape index (κ3) is 3.05. The summed E-state index contributed by atoms with van der Waals surface area (Å²) in [5, 5.41) is 1.20. The SMILES string of the molecule is Cc1sc2nc(C3CC3)nc(N3CCN(C(=O)c4ccccc4)CC3)c2c1C. The molecule has 1 aliphatic carbocycles. The number of rotatable bonds is 3. The molecule has 1 aromatic carbocycles. The van der Waals surface area contributed by atoms with E-state index in [1.165, 1.54) is 28.7 Å². The first-order valence-electron chi connectivity index (χ1n) is 9.98. The number of carbonyl (C=O) groups excluding carboxylic acids is 1. The van der Waals surface area contributed by atoms with Crippen LogP contribution in [0.5, 0.6) is 0 Å². The Hall–Kier alpha value is -2.47. The molecule has 0 spiro atoms. The van der Waals surface area contributed by atoms with Gasteiger partial charge in [-0.1, -0.05) is 18.2 Å².